The van der Waals surface area contributed by atoms with E-state index in [9.17, 15) is 5.11 Å². The van der Waals surface area contributed by atoms with Gasteiger partial charge in [-0.2, -0.15) is 5.10 Å². The zero-order chi connectivity index (χ0) is 23.7. The standard InChI is InChI=1S/C27H36N6O/c1-4-19-8-5-6-9-22(14-19)33-13-7-12-31(2)25-16-24(29-30-27(25)33)23-11-10-20(15-26(23)34)21-17-28-32(3)18-21/h10-11,15-19,22,34H,4-9,12-14H2,1-3H3/t19-,22+/m0/s1. The van der Waals surface area contributed by atoms with Crippen LogP contribution in [0.5, 0.6) is 5.75 Å². The zero-order valence-electron chi connectivity index (χ0n) is 20.6. The molecule has 2 aromatic heterocycles. The van der Waals surface area contributed by atoms with E-state index in [1.54, 1.807) is 16.9 Å². The highest BCUT2D eigenvalue weighted by Gasteiger charge is 2.30. The molecule has 0 amide bonds. The lowest BCUT2D eigenvalue weighted by Gasteiger charge is -2.33. The summed E-state index contributed by atoms with van der Waals surface area (Å²) in [5.74, 6) is 2.01. The van der Waals surface area contributed by atoms with Crippen LogP contribution in [0.25, 0.3) is 22.4 Å². The Hall–Kier alpha value is -3.09. The van der Waals surface area contributed by atoms with Gasteiger partial charge >= 0.3 is 0 Å². The molecule has 5 rings (SSSR count). The van der Waals surface area contributed by atoms with E-state index in [-0.39, 0.29) is 5.75 Å². The summed E-state index contributed by atoms with van der Waals surface area (Å²) < 4.78 is 1.76. The first-order valence-electron chi connectivity index (χ1n) is 12.7. The number of benzene rings is 1. The van der Waals surface area contributed by atoms with E-state index in [2.05, 4.69) is 40.0 Å². The number of rotatable bonds is 4. The van der Waals surface area contributed by atoms with Gasteiger partial charge in [-0.05, 0) is 48.9 Å². The lowest BCUT2D eigenvalue weighted by atomic mass is 9.94. The molecule has 0 radical (unpaired) electrons. The molecule has 0 saturated heterocycles. The predicted molar refractivity (Wildman–Crippen MR) is 137 cm³/mol. The van der Waals surface area contributed by atoms with Gasteiger partial charge in [-0.25, -0.2) is 0 Å². The summed E-state index contributed by atoms with van der Waals surface area (Å²) in [5, 5.41) is 24.5. The third kappa shape index (κ3) is 4.48. The van der Waals surface area contributed by atoms with Crippen LogP contribution in [0.3, 0.4) is 0 Å². The van der Waals surface area contributed by atoms with E-state index < -0.39 is 0 Å². The number of anilines is 2. The molecule has 1 aliphatic heterocycles. The fourth-order valence-corrected chi connectivity index (χ4v) is 5.64. The Morgan fingerprint density at radius 1 is 1.00 bits per heavy atom. The third-order valence-electron chi connectivity index (χ3n) is 7.67. The summed E-state index contributed by atoms with van der Waals surface area (Å²) in [6.45, 7) is 4.34. The molecule has 0 bridgehead atoms. The lowest BCUT2D eigenvalue weighted by molar-refractivity contribution is 0.405. The molecule has 2 aliphatic rings. The van der Waals surface area contributed by atoms with Crippen LogP contribution >= 0.6 is 0 Å². The predicted octanol–water partition coefficient (Wildman–Crippen LogP) is 5.25. The Labute approximate surface area is 202 Å². The number of nitrogens with zero attached hydrogens (tertiary/aromatic N) is 6. The molecule has 1 N–H and O–H groups in total. The molecule has 1 fully saturated rings. The average molecular weight is 461 g/mol. The average Bonchev–Trinajstić information content (AvgIpc) is 3.04. The molecular weight excluding hydrogens is 424 g/mol. The van der Waals surface area contributed by atoms with Crippen molar-refractivity contribution in [3.8, 4) is 28.1 Å². The number of aromatic hydroxyl groups is 1. The van der Waals surface area contributed by atoms with Gasteiger partial charge in [-0.3, -0.25) is 4.68 Å². The molecule has 0 unspecified atom stereocenters. The van der Waals surface area contributed by atoms with Crippen LogP contribution in [0.15, 0.2) is 36.7 Å². The van der Waals surface area contributed by atoms with E-state index in [1.807, 2.05) is 25.4 Å². The van der Waals surface area contributed by atoms with E-state index in [1.165, 1.54) is 38.5 Å². The number of aryl methyl sites for hydroxylation is 1. The Bertz CT molecular complexity index is 1140. The smallest absolute Gasteiger partial charge is 0.175 e. The van der Waals surface area contributed by atoms with Crippen LogP contribution in [0.1, 0.15) is 51.9 Å². The minimum Gasteiger partial charge on any atom is -0.507 e. The molecule has 1 aromatic carbocycles. The second-order valence-corrected chi connectivity index (χ2v) is 9.99. The van der Waals surface area contributed by atoms with Crippen molar-refractivity contribution < 1.29 is 5.11 Å². The summed E-state index contributed by atoms with van der Waals surface area (Å²) >= 11 is 0. The molecular formula is C27H36N6O. The maximum absolute atomic E-state index is 10.9. The minimum atomic E-state index is 0.207. The molecule has 180 valence electrons. The number of hydrogen-bond acceptors (Lipinski definition) is 6. The first kappa shape index (κ1) is 22.7. The van der Waals surface area contributed by atoms with Crippen LogP contribution in [0, 0.1) is 5.92 Å². The van der Waals surface area contributed by atoms with Gasteiger partial charge in [0.25, 0.3) is 0 Å². The van der Waals surface area contributed by atoms with Crippen molar-refractivity contribution in [3.05, 3.63) is 36.7 Å². The summed E-state index contributed by atoms with van der Waals surface area (Å²) in [6, 6.07) is 8.36. The quantitative estimate of drug-likeness (QED) is 0.536. The summed E-state index contributed by atoms with van der Waals surface area (Å²) in [6.07, 6.45) is 12.6. The topological polar surface area (TPSA) is 70.3 Å². The highest BCUT2D eigenvalue weighted by atomic mass is 16.3. The van der Waals surface area contributed by atoms with Crippen molar-refractivity contribution >= 4 is 11.5 Å². The largest absolute Gasteiger partial charge is 0.507 e. The van der Waals surface area contributed by atoms with Gasteiger partial charge in [0.15, 0.2) is 5.82 Å². The van der Waals surface area contributed by atoms with Gasteiger partial charge in [0.2, 0.25) is 0 Å². The Morgan fingerprint density at radius 3 is 2.62 bits per heavy atom. The van der Waals surface area contributed by atoms with Gasteiger partial charge < -0.3 is 14.9 Å². The van der Waals surface area contributed by atoms with Crippen LogP contribution in [-0.2, 0) is 7.05 Å². The highest BCUT2D eigenvalue weighted by molar-refractivity contribution is 5.78. The Balaban J connectivity index is 1.48. The lowest BCUT2D eigenvalue weighted by Crippen LogP contribution is -2.37. The zero-order valence-corrected chi connectivity index (χ0v) is 20.6. The third-order valence-corrected chi connectivity index (χ3v) is 7.67. The Morgan fingerprint density at radius 2 is 1.85 bits per heavy atom. The number of hydrogen-bond donors (Lipinski definition) is 1. The van der Waals surface area contributed by atoms with Gasteiger partial charge in [0, 0.05) is 50.6 Å². The van der Waals surface area contributed by atoms with Crippen molar-refractivity contribution in [1.82, 2.24) is 20.0 Å². The number of phenols is 1. The SMILES string of the molecule is CC[C@H]1CCCC[C@@H](N2CCCN(C)c3cc(-c4ccc(-c5cnn(C)c5)cc4O)nnc32)C1. The van der Waals surface area contributed by atoms with Crippen molar-refractivity contribution in [3.63, 3.8) is 0 Å². The van der Waals surface area contributed by atoms with Gasteiger partial charge in [-0.15, -0.1) is 10.2 Å². The summed E-state index contributed by atoms with van der Waals surface area (Å²) in [5.41, 5.74) is 4.42. The number of phenolic OH excluding ortho intramolecular Hbond substituents is 1. The van der Waals surface area contributed by atoms with Crippen LogP contribution in [-0.4, -0.2) is 51.3 Å². The van der Waals surface area contributed by atoms with Gasteiger partial charge in [0.1, 0.15) is 5.75 Å². The van der Waals surface area contributed by atoms with Crippen molar-refractivity contribution in [2.45, 2.75) is 57.9 Å². The fourth-order valence-electron chi connectivity index (χ4n) is 5.64. The maximum atomic E-state index is 10.9. The number of fused-ring (bicyclic) bond motifs is 1. The van der Waals surface area contributed by atoms with E-state index >= 15 is 0 Å². The normalized spacial score (nSPS) is 21.1. The van der Waals surface area contributed by atoms with E-state index in [0.29, 0.717) is 17.3 Å². The molecule has 3 heterocycles. The second kappa shape index (κ2) is 9.65. The van der Waals surface area contributed by atoms with Crippen LogP contribution < -0.4 is 9.80 Å². The van der Waals surface area contributed by atoms with Crippen LogP contribution in [0.2, 0.25) is 0 Å². The molecule has 2 atom stereocenters. The monoisotopic (exact) mass is 460 g/mol. The van der Waals surface area contributed by atoms with Gasteiger partial charge in [0.05, 0.1) is 17.6 Å². The molecule has 0 spiro atoms. The fraction of sp³-hybridized carbons (Fsp3) is 0.519. The maximum Gasteiger partial charge on any atom is 0.175 e. The molecule has 7 nitrogen and oxygen atoms in total. The number of aromatic nitrogens is 4. The van der Waals surface area contributed by atoms with E-state index in [0.717, 1.165) is 48.1 Å². The van der Waals surface area contributed by atoms with Crippen molar-refractivity contribution in [2.75, 3.05) is 29.9 Å². The van der Waals surface area contributed by atoms with Crippen molar-refractivity contribution in [1.29, 1.82) is 0 Å². The van der Waals surface area contributed by atoms with E-state index in [4.69, 9.17) is 5.10 Å². The van der Waals surface area contributed by atoms with Gasteiger partial charge in [-0.1, -0.05) is 38.7 Å². The van der Waals surface area contributed by atoms with Crippen LogP contribution in [0.4, 0.5) is 11.5 Å². The molecule has 1 saturated carbocycles. The molecule has 34 heavy (non-hydrogen) atoms. The molecule has 3 aromatic rings. The first-order valence-corrected chi connectivity index (χ1v) is 12.7. The molecule has 7 heteroatoms. The highest BCUT2D eigenvalue weighted by Crippen LogP contribution is 2.39. The summed E-state index contributed by atoms with van der Waals surface area (Å²) in [7, 11) is 4.03. The summed E-state index contributed by atoms with van der Waals surface area (Å²) in [4.78, 5) is 4.83. The minimum absolute atomic E-state index is 0.207. The molecule has 1 aliphatic carbocycles. The first-order chi connectivity index (χ1) is 16.5. The Kier molecular flexibility index (Phi) is 6.44. The van der Waals surface area contributed by atoms with Crippen molar-refractivity contribution in [2.24, 2.45) is 13.0 Å². The second-order valence-electron chi connectivity index (χ2n) is 9.99.